The van der Waals surface area contributed by atoms with Gasteiger partial charge in [0.2, 0.25) is 5.91 Å². The molecule has 1 fully saturated rings. The summed E-state index contributed by atoms with van der Waals surface area (Å²) in [6, 6.07) is 28.7. The molecule has 6 nitrogen and oxygen atoms in total. The van der Waals surface area contributed by atoms with Gasteiger partial charge in [0.25, 0.3) is 0 Å². The van der Waals surface area contributed by atoms with Crippen LogP contribution in [0.25, 0.3) is 17.1 Å². The highest BCUT2D eigenvalue weighted by Crippen LogP contribution is 2.34. The second kappa shape index (κ2) is 11.1. The fourth-order valence-corrected chi connectivity index (χ4v) is 5.42. The van der Waals surface area contributed by atoms with Gasteiger partial charge in [-0.1, -0.05) is 90.1 Å². The fraction of sp³-hybridized carbons (Fsp3) is 0.276. The van der Waals surface area contributed by atoms with E-state index in [0.717, 1.165) is 29.9 Å². The van der Waals surface area contributed by atoms with Gasteiger partial charge in [-0.3, -0.25) is 9.36 Å². The Hall–Kier alpha value is -3.42. The van der Waals surface area contributed by atoms with Crippen LogP contribution in [0.4, 0.5) is 0 Å². The van der Waals surface area contributed by atoms with Crippen LogP contribution in [0.1, 0.15) is 24.0 Å². The van der Waals surface area contributed by atoms with Gasteiger partial charge in [-0.05, 0) is 37.5 Å². The molecule has 0 spiro atoms. The average molecular weight is 499 g/mol. The zero-order valence-corrected chi connectivity index (χ0v) is 21.2. The maximum atomic E-state index is 13.0. The minimum absolute atomic E-state index is 0.0125. The van der Waals surface area contributed by atoms with Crippen molar-refractivity contribution < 1.29 is 9.53 Å². The van der Waals surface area contributed by atoms with E-state index < -0.39 is 0 Å². The summed E-state index contributed by atoms with van der Waals surface area (Å²) < 4.78 is 7.65. The second-order valence-corrected chi connectivity index (χ2v) is 10.1. The minimum atomic E-state index is -0.0950. The lowest BCUT2D eigenvalue weighted by Gasteiger charge is -2.38. The number of nitrogens with one attached hydrogen (secondary N) is 1. The van der Waals surface area contributed by atoms with Gasteiger partial charge in [0.1, 0.15) is 0 Å². The molecule has 1 amide bonds. The maximum absolute atomic E-state index is 13.0. The van der Waals surface area contributed by atoms with E-state index in [-0.39, 0.29) is 17.1 Å². The number of carbonyl (C=O) groups excluding carboxylic acids is 1. The Balaban J connectivity index is 1.32. The maximum Gasteiger partial charge on any atom is 0.230 e. The van der Waals surface area contributed by atoms with Crippen molar-refractivity contribution in [2.75, 3.05) is 25.5 Å². The highest BCUT2D eigenvalue weighted by atomic mass is 32.2. The Morgan fingerprint density at radius 3 is 2.31 bits per heavy atom. The summed E-state index contributed by atoms with van der Waals surface area (Å²) in [6.07, 6.45) is 1.79. The molecule has 184 valence electrons. The molecule has 0 saturated carbocycles. The van der Waals surface area contributed by atoms with Gasteiger partial charge in [0.15, 0.2) is 11.0 Å². The third-order valence-corrected chi connectivity index (χ3v) is 7.68. The number of ether oxygens (including phenoxy) is 1. The molecule has 4 aromatic rings. The number of aromatic nitrogens is 3. The van der Waals surface area contributed by atoms with Gasteiger partial charge < -0.3 is 10.1 Å². The van der Waals surface area contributed by atoms with Crippen LogP contribution in [0.15, 0.2) is 90.1 Å². The molecule has 5 rings (SSSR count). The van der Waals surface area contributed by atoms with Gasteiger partial charge in [-0.25, -0.2) is 0 Å². The SMILES string of the molecule is Cc1ccc(-n2c(SCC(=O)NCC3(c4ccccc4)CCOCC3)nnc2-c2ccccc2)cc1. The first-order chi connectivity index (χ1) is 17.6. The summed E-state index contributed by atoms with van der Waals surface area (Å²) in [5.74, 6) is 1.01. The van der Waals surface area contributed by atoms with E-state index in [2.05, 4.69) is 71.0 Å². The van der Waals surface area contributed by atoms with E-state index in [1.54, 1.807) is 0 Å². The molecule has 0 bridgehead atoms. The molecule has 1 N–H and O–H groups in total. The van der Waals surface area contributed by atoms with E-state index in [1.807, 2.05) is 41.0 Å². The highest BCUT2D eigenvalue weighted by molar-refractivity contribution is 7.99. The van der Waals surface area contributed by atoms with Crippen LogP contribution in [0.3, 0.4) is 0 Å². The molecule has 36 heavy (non-hydrogen) atoms. The molecule has 1 aromatic heterocycles. The first-order valence-corrected chi connectivity index (χ1v) is 13.2. The predicted molar refractivity (Wildman–Crippen MR) is 143 cm³/mol. The van der Waals surface area contributed by atoms with Crippen molar-refractivity contribution in [3.05, 3.63) is 96.1 Å². The summed E-state index contributed by atoms with van der Waals surface area (Å²) >= 11 is 1.40. The summed E-state index contributed by atoms with van der Waals surface area (Å²) in [6.45, 7) is 4.08. The van der Waals surface area contributed by atoms with Crippen LogP contribution in [0, 0.1) is 6.92 Å². The van der Waals surface area contributed by atoms with Crippen LogP contribution >= 0.6 is 11.8 Å². The summed E-state index contributed by atoms with van der Waals surface area (Å²) in [7, 11) is 0. The minimum Gasteiger partial charge on any atom is -0.381 e. The Kier molecular flexibility index (Phi) is 7.49. The summed E-state index contributed by atoms with van der Waals surface area (Å²) in [5.41, 5.74) is 4.29. The van der Waals surface area contributed by atoms with Crippen LogP contribution in [0.2, 0.25) is 0 Å². The zero-order valence-electron chi connectivity index (χ0n) is 20.4. The second-order valence-electron chi connectivity index (χ2n) is 9.17. The van der Waals surface area contributed by atoms with E-state index in [9.17, 15) is 4.79 Å². The van der Waals surface area contributed by atoms with Crippen molar-refractivity contribution in [1.82, 2.24) is 20.1 Å². The van der Waals surface area contributed by atoms with Gasteiger partial charge in [0, 0.05) is 36.4 Å². The third-order valence-electron chi connectivity index (χ3n) is 6.75. The number of rotatable bonds is 8. The molecule has 0 radical (unpaired) electrons. The lowest BCUT2D eigenvalue weighted by Crippen LogP contribution is -2.45. The quantitative estimate of drug-likeness (QED) is 0.338. The van der Waals surface area contributed by atoms with Crippen molar-refractivity contribution in [3.8, 4) is 17.1 Å². The van der Waals surface area contributed by atoms with Gasteiger partial charge in [0.05, 0.1) is 5.75 Å². The average Bonchev–Trinajstić information content (AvgIpc) is 3.37. The molecule has 1 aliphatic rings. The highest BCUT2D eigenvalue weighted by Gasteiger charge is 2.34. The molecule has 0 aliphatic carbocycles. The Morgan fingerprint density at radius 1 is 0.944 bits per heavy atom. The molecule has 0 unspecified atom stereocenters. The number of aryl methyl sites for hydroxylation is 1. The molecule has 1 aliphatic heterocycles. The standard InChI is InChI=1S/C29H30N4O2S/c1-22-12-14-25(15-13-22)33-27(23-8-4-2-5-9-23)31-32-28(33)36-20-26(34)30-21-29(16-18-35-19-17-29)24-10-6-3-7-11-24/h2-15H,16-21H2,1H3,(H,30,34). The van der Waals surface area contributed by atoms with Crippen LogP contribution in [-0.4, -0.2) is 46.2 Å². The zero-order chi connectivity index (χ0) is 24.8. The van der Waals surface area contributed by atoms with Gasteiger partial charge in [-0.2, -0.15) is 0 Å². The van der Waals surface area contributed by atoms with Crippen molar-refractivity contribution in [1.29, 1.82) is 0 Å². The molecular weight excluding hydrogens is 468 g/mol. The smallest absolute Gasteiger partial charge is 0.230 e. The predicted octanol–water partition coefficient (Wildman–Crippen LogP) is 5.20. The monoisotopic (exact) mass is 498 g/mol. The lowest BCUT2D eigenvalue weighted by atomic mass is 9.74. The Labute approximate surface area is 216 Å². The van der Waals surface area contributed by atoms with Crippen molar-refractivity contribution in [3.63, 3.8) is 0 Å². The first-order valence-electron chi connectivity index (χ1n) is 12.3. The molecule has 0 atom stereocenters. The van der Waals surface area contributed by atoms with Crippen molar-refractivity contribution in [2.45, 2.75) is 30.3 Å². The number of thioether (sulfide) groups is 1. The largest absolute Gasteiger partial charge is 0.381 e. The molecular formula is C29H30N4O2S. The van der Waals surface area contributed by atoms with Crippen LogP contribution < -0.4 is 5.32 Å². The summed E-state index contributed by atoms with van der Waals surface area (Å²) in [5, 5.41) is 12.8. The number of hydrogen-bond donors (Lipinski definition) is 1. The molecule has 2 heterocycles. The van der Waals surface area contributed by atoms with Crippen molar-refractivity contribution >= 4 is 17.7 Å². The number of benzene rings is 3. The Morgan fingerprint density at radius 2 is 1.61 bits per heavy atom. The number of carbonyl (C=O) groups is 1. The number of nitrogens with zero attached hydrogens (tertiary/aromatic N) is 3. The molecule has 3 aromatic carbocycles. The van der Waals surface area contributed by atoms with E-state index >= 15 is 0 Å². The molecule has 7 heteroatoms. The molecule has 1 saturated heterocycles. The van der Waals surface area contributed by atoms with Gasteiger partial charge >= 0.3 is 0 Å². The first kappa shape index (κ1) is 24.3. The lowest BCUT2D eigenvalue weighted by molar-refractivity contribution is -0.119. The van der Waals surface area contributed by atoms with Crippen LogP contribution in [-0.2, 0) is 14.9 Å². The van der Waals surface area contributed by atoms with E-state index in [1.165, 1.54) is 22.9 Å². The van der Waals surface area contributed by atoms with E-state index in [0.29, 0.717) is 24.9 Å². The normalized spacial score (nSPS) is 14.9. The van der Waals surface area contributed by atoms with E-state index in [4.69, 9.17) is 4.74 Å². The number of amides is 1. The summed E-state index contributed by atoms with van der Waals surface area (Å²) in [4.78, 5) is 13.0. The topological polar surface area (TPSA) is 69.0 Å². The fourth-order valence-electron chi connectivity index (χ4n) is 4.63. The van der Waals surface area contributed by atoms with Gasteiger partial charge in [-0.15, -0.1) is 10.2 Å². The number of hydrogen-bond acceptors (Lipinski definition) is 5. The Bertz CT molecular complexity index is 1280. The third kappa shape index (κ3) is 5.37. The van der Waals surface area contributed by atoms with Crippen molar-refractivity contribution in [2.24, 2.45) is 0 Å². The van der Waals surface area contributed by atoms with Crippen LogP contribution in [0.5, 0.6) is 0 Å².